The molecule has 1 aromatic rings. The SMILES string of the molecule is C=C(C#N)C(O)(C(=O)OCC)c1ncc[nH]1. The molecule has 84 valence electrons. The molecular formula is C10H11N3O3. The lowest BCUT2D eigenvalue weighted by molar-refractivity contribution is -0.162. The highest BCUT2D eigenvalue weighted by Crippen LogP contribution is 2.26. The Bertz CT molecular complexity index is 433. The number of aromatic amines is 1. The molecule has 0 saturated carbocycles. The number of imidazole rings is 1. The van der Waals surface area contributed by atoms with Gasteiger partial charge in [0, 0.05) is 12.4 Å². The van der Waals surface area contributed by atoms with E-state index in [9.17, 15) is 9.90 Å². The Morgan fingerprint density at radius 2 is 2.56 bits per heavy atom. The monoisotopic (exact) mass is 221 g/mol. The number of H-pyrrole nitrogens is 1. The molecule has 0 fully saturated rings. The molecule has 0 radical (unpaired) electrons. The summed E-state index contributed by atoms with van der Waals surface area (Å²) in [6.45, 7) is 5.01. The van der Waals surface area contributed by atoms with Gasteiger partial charge in [0.1, 0.15) is 0 Å². The predicted molar refractivity (Wildman–Crippen MR) is 53.9 cm³/mol. The Morgan fingerprint density at radius 3 is 3.00 bits per heavy atom. The van der Waals surface area contributed by atoms with Crippen LogP contribution >= 0.6 is 0 Å². The van der Waals surface area contributed by atoms with Crippen molar-refractivity contribution >= 4 is 5.97 Å². The van der Waals surface area contributed by atoms with Crippen molar-refractivity contribution in [1.29, 1.82) is 5.26 Å². The molecule has 0 saturated heterocycles. The standard InChI is InChI=1S/C10H11N3O3/c1-3-16-9(14)10(15,7(2)6-11)8-12-4-5-13-8/h4-5,15H,2-3H2,1H3,(H,12,13). The van der Waals surface area contributed by atoms with E-state index in [-0.39, 0.29) is 18.0 Å². The summed E-state index contributed by atoms with van der Waals surface area (Å²) < 4.78 is 4.69. The lowest BCUT2D eigenvalue weighted by Gasteiger charge is -2.21. The van der Waals surface area contributed by atoms with Gasteiger partial charge in [0.2, 0.25) is 0 Å². The topological polar surface area (TPSA) is 99.0 Å². The summed E-state index contributed by atoms with van der Waals surface area (Å²) in [4.78, 5) is 17.9. The van der Waals surface area contributed by atoms with Gasteiger partial charge in [-0.25, -0.2) is 9.78 Å². The number of carbonyl (C=O) groups is 1. The van der Waals surface area contributed by atoms with E-state index in [2.05, 4.69) is 16.5 Å². The first-order valence-corrected chi connectivity index (χ1v) is 4.56. The maximum Gasteiger partial charge on any atom is 0.351 e. The quantitative estimate of drug-likeness (QED) is 0.560. The van der Waals surface area contributed by atoms with Crippen LogP contribution in [0.2, 0.25) is 0 Å². The third-order valence-electron chi connectivity index (χ3n) is 1.98. The van der Waals surface area contributed by atoms with Gasteiger partial charge < -0.3 is 14.8 Å². The molecule has 1 rings (SSSR count). The Balaban J connectivity index is 3.19. The normalized spacial score (nSPS) is 13.6. The molecule has 16 heavy (non-hydrogen) atoms. The maximum absolute atomic E-state index is 11.6. The molecule has 0 aliphatic heterocycles. The van der Waals surface area contributed by atoms with E-state index in [4.69, 9.17) is 10.00 Å². The molecule has 1 atom stereocenters. The Hall–Kier alpha value is -2.13. The van der Waals surface area contributed by atoms with E-state index in [1.165, 1.54) is 12.4 Å². The largest absolute Gasteiger partial charge is 0.463 e. The first kappa shape index (κ1) is 11.9. The van der Waals surface area contributed by atoms with E-state index < -0.39 is 11.6 Å². The van der Waals surface area contributed by atoms with Crippen molar-refractivity contribution < 1.29 is 14.6 Å². The fraction of sp³-hybridized carbons (Fsp3) is 0.300. The smallest absolute Gasteiger partial charge is 0.351 e. The molecule has 1 heterocycles. The number of nitrogens with one attached hydrogen (secondary N) is 1. The summed E-state index contributed by atoms with van der Waals surface area (Å²) in [5.41, 5.74) is -2.59. The highest BCUT2D eigenvalue weighted by Gasteiger charge is 2.45. The number of aromatic nitrogens is 2. The zero-order valence-corrected chi connectivity index (χ0v) is 8.73. The van der Waals surface area contributed by atoms with Crippen molar-refractivity contribution in [2.45, 2.75) is 12.5 Å². The molecule has 1 unspecified atom stereocenters. The second-order valence-electron chi connectivity index (χ2n) is 2.96. The molecule has 6 heteroatoms. The number of rotatable bonds is 4. The van der Waals surface area contributed by atoms with Crippen LogP contribution in [0.1, 0.15) is 12.7 Å². The summed E-state index contributed by atoms with van der Waals surface area (Å²) in [5, 5.41) is 18.9. The summed E-state index contributed by atoms with van der Waals surface area (Å²) in [6.07, 6.45) is 2.77. The number of hydrogen-bond acceptors (Lipinski definition) is 5. The van der Waals surface area contributed by atoms with Gasteiger partial charge >= 0.3 is 5.97 Å². The van der Waals surface area contributed by atoms with E-state index in [0.29, 0.717) is 0 Å². The van der Waals surface area contributed by atoms with E-state index in [1.807, 2.05) is 0 Å². The van der Waals surface area contributed by atoms with Crippen LogP contribution in [0.4, 0.5) is 0 Å². The molecule has 1 aromatic heterocycles. The van der Waals surface area contributed by atoms with Crippen molar-refractivity contribution in [2.75, 3.05) is 6.61 Å². The first-order chi connectivity index (χ1) is 7.57. The van der Waals surface area contributed by atoms with Crippen molar-refractivity contribution in [1.82, 2.24) is 9.97 Å². The third kappa shape index (κ3) is 1.81. The maximum atomic E-state index is 11.6. The fourth-order valence-corrected chi connectivity index (χ4v) is 1.14. The summed E-state index contributed by atoms with van der Waals surface area (Å²) in [7, 11) is 0. The average molecular weight is 221 g/mol. The minimum atomic E-state index is -2.24. The molecule has 0 spiro atoms. The number of hydrogen-bond donors (Lipinski definition) is 2. The first-order valence-electron chi connectivity index (χ1n) is 4.56. The minimum Gasteiger partial charge on any atom is -0.463 e. The molecule has 0 bridgehead atoms. The Kier molecular flexibility index (Phi) is 3.43. The van der Waals surface area contributed by atoms with Crippen LogP contribution in [-0.2, 0) is 15.1 Å². The highest BCUT2D eigenvalue weighted by atomic mass is 16.5. The molecule has 0 aliphatic rings. The zero-order chi connectivity index (χ0) is 12.2. The molecular weight excluding hydrogens is 210 g/mol. The number of ether oxygens (including phenoxy) is 1. The van der Waals surface area contributed by atoms with E-state index in [0.717, 1.165) is 0 Å². The van der Waals surface area contributed by atoms with Gasteiger partial charge in [-0.1, -0.05) is 6.58 Å². The van der Waals surface area contributed by atoms with Gasteiger partial charge in [0.05, 0.1) is 18.2 Å². The summed E-state index contributed by atoms with van der Waals surface area (Å²) >= 11 is 0. The Morgan fingerprint density at radius 1 is 1.88 bits per heavy atom. The summed E-state index contributed by atoms with van der Waals surface area (Å²) in [6, 6.07) is 1.63. The molecule has 0 aliphatic carbocycles. The van der Waals surface area contributed by atoms with Crippen LogP contribution in [0.5, 0.6) is 0 Å². The van der Waals surface area contributed by atoms with Crippen molar-refractivity contribution in [3.8, 4) is 6.07 Å². The number of nitriles is 1. The van der Waals surface area contributed by atoms with Gasteiger partial charge in [-0.15, -0.1) is 0 Å². The van der Waals surface area contributed by atoms with Crippen LogP contribution in [0.3, 0.4) is 0 Å². The van der Waals surface area contributed by atoms with Crippen LogP contribution in [-0.4, -0.2) is 27.7 Å². The fourth-order valence-electron chi connectivity index (χ4n) is 1.14. The van der Waals surface area contributed by atoms with Crippen molar-refractivity contribution in [2.24, 2.45) is 0 Å². The summed E-state index contributed by atoms with van der Waals surface area (Å²) in [5.74, 6) is -1.06. The second-order valence-corrected chi connectivity index (χ2v) is 2.96. The van der Waals surface area contributed by atoms with Crippen LogP contribution in [0.15, 0.2) is 24.5 Å². The van der Waals surface area contributed by atoms with Crippen LogP contribution in [0.25, 0.3) is 0 Å². The molecule has 0 amide bonds. The van der Waals surface area contributed by atoms with Crippen LogP contribution in [0, 0.1) is 11.3 Å². The van der Waals surface area contributed by atoms with E-state index >= 15 is 0 Å². The zero-order valence-electron chi connectivity index (χ0n) is 8.73. The average Bonchev–Trinajstić information content (AvgIpc) is 2.80. The minimum absolute atomic E-state index is 0.0839. The lowest BCUT2D eigenvalue weighted by Crippen LogP contribution is -2.39. The number of aliphatic hydroxyl groups is 1. The van der Waals surface area contributed by atoms with Gasteiger partial charge in [0.15, 0.2) is 5.82 Å². The van der Waals surface area contributed by atoms with Gasteiger partial charge in [-0.05, 0) is 6.92 Å². The molecule has 6 nitrogen and oxygen atoms in total. The van der Waals surface area contributed by atoms with Gasteiger partial charge in [-0.2, -0.15) is 5.26 Å². The number of esters is 1. The number of carbonyl (C=O) groups excluding carboxylic acids is 1. The highest BCUT2D eigenvalue weighted by molar-refractivity contribution is 5.85. The van der Waals surface area contributed by atoms with Crippen molar-refractivity contribution in [3.05, 3.63) is 30.4 Å². The second kappa shape index (κ2) is 4.59. The van der Waals surface area contributed by atoms with E-state index in [1.54, 1.807) is 13.0 Å². The Labute approximate surface area is 92.2 Å². The number of nitrogens with zero attached hydrogens (tertiary/aromatic N) is 2. The van der Waals surface area contributed by atoms with Crippen LogP contribution < -0.4 is 0 Å². The third-order valence-corrected chi connectivity index (χ3v) is 1.98. The molecule has 0 aromatic carbocycles. The van der Waals surface area contributed by atoms with Crippen molar-refractivity contribution in [3.63, 3.8) is 0 Å². The van der Waals surface area contributed by atoms with Gasteiger partial charge in [-0.3, -0.25) is 0 Å². The van der Waals surface area contributed by atoms with Gasteiger partial charge in [0.25, 0.3) is 5.60 Å². The molecule has 2 N–H and O–H groups in total. The predicted octanol–water partition coefficient (Wildman–Crippen LogP) is 0.240. The lowest BCUT2D eigenvalue weighted by atomic mass is 9.95.